The average Bonchev–Trinajstić information content (AvgIpc) is 3.14. The first-order valence-corrected chi connectivity index (χ1v) is 23.5. The molecule has 2 aromatic carbocycles. The number of carbonyl (C=O) groups is 2. The molecular formula is C43H72O11P2. The highest BCUT2D eigenvalue weighted by Crippen LogP contribution is 2.50. The largest absolute Gasteiger partial charge is 0.474 e. The highest BCUT2D eigenvalue weighted by Gasteiger charge is 2.26. The van der Waals surface area contributed by atoms with Crippen molar-refractivity contribution < 1.29 is 50.6 Å². The summed E-state index contributed by atoms with van der Waals surface area (Å²) in [5.41, 5.74) is 4.62. The zero-order valence-corrected chi connectivity index (χ0v) is 37.7. The topological polar surface area (TPSA) is 133 Å². The first-order valence-electron chi connectivity index (χ1n) is 20.6. The summed E-state index contributed by atoms with van der Waals surface area (Å²) in [6.07, 6.45) is 6.19. The molecule has 0 aliphatic carbocycles. The number of hydrogen-bond donors (Lipinski definition) is 0. The monoisotopic (exact) mass is 826 g/mol. The summed E-state index contributed by atoms with van der Waals surface area (Å²) in [6, 6.07) is 16.6. The van der Waals surface area contributed by atoms with E-state index in [0.29, 0.717) is 44.3 Å². The second-order valence-corrected chi connectivity index (χ2v) is 17.8. The minimum atomic E-state index is -3.46. The Hall–Kier alpha value is -2.20. The highest BCUT2D eigenvalue weighted by atomic mass is 31.2. The van der Waals surface area contributed by atoms with Gasteiger partial charge in [0.25, 0.3) is 0 Å². The minimum Gasteiger partial charge on any atom is -0.465 e. The number of ketones is 1. The van der Waals surface area contributed by atoms with Gasteiger partial charge in [-0.1, -0.05) is 89.6 Å². The average molecular weight is 827 g/mol. The second kappa shape index (κ2) is 29.1. The fourth-order valence-corrected chi connectivity index (χ4v) is 8.07. The van der Waals surface area contributed by atoms with Crippen molar-refractivity contribution in [2.45, 2.75) is 132 Å². The molecule has 0 aromatic heterocycles. The van der Waals surface area contributed by atoms with Crippen LogP contribution >= 0.6 is 15.6 Å². The molecule has 0 amide bonds. The van der Waals surface area contributed by atoms with Crippen molar-refractivity contribution in [3.05, 3.63) is 70.8 Å². The molecular weight excluding hydrogens is 754 g/mol. The van der Waals surface area contributed by atoms with E-state index in [1.807, 2.05) is 26.0 Å². The predicted molar refractivity (Wildman–Crippen MR) is 224 cm³/mol. The molecule has 0 saturated heterocycles. The number of ether oxygens (including phenoxy) is 1. The van der Waals surface area contributed by atoms with Crippen molar-refractivity contribution in [2.75, 3.05) is 46.2 Å². The van der Waals surface area contributed by atoms with E-state index in [9.17, 15) is 18.7 Å². The molecule has 2 aromatic rings. The Bertz CT molecular complexity index is 1320. The van der Waals surface area contributed by atoms with Gasteiger partial charge in [0.05, 0.1) is 52.2 Å². The Labute approximate surface area is 338 Å². The first kappa shape index (κ1) is 51.8. The van der Waals surface area contributed by atoms with E-state index in [-0.39, 0.29) is 56.6 Å². The van der Waals surface area contributed by atoms with Crippen molar-refractivity contribution in [1.82, 2.24) is 0 Å². The normalized spacial score (nSPS) is 13.0. The zero-order valence-electron chi connectivity index (χ0n) is 35.9. The number of unbranched alkanes of at least 4 members (excludes halogenated alkanes) is 3. The first-order chi connectivity index (χ1) is 26.6. The molecule has 0 saturated carbocycles. The van der Waals surface area contributed by atoms with Crippen LogP contribution in [0.5, 0.6) is 0 Å². The van der Waals surface area contributed by atoms with Gasteiger partial charge >= 0.3 is 21.6 Å². The van der Waals surface area contributed by atoms with E-state index in [1.54, 1.807) is 27.7 Å². The van der Waals surface area contributed by atoms with Crippen LogP contribution in [0.3, 0.4) is 0 Å². The Morgan fingerprint density at radius 2 is 0.875 bits per heavy atom. The highest BCUT2D eigenvalue weighted by molar-refractivity contribution is 7.48. The molecule has 2 rings (SSSR count). The maximum absolute atomic E-state index is 12.5. The molecule has 2 atom stereocenters. The van der Waals surface area contributed by atoms with Crippen molar-refractivity contribution in [3.8, 4) is 0 Å². The number of hydrogen-bond acceptors (Lipinski definition) is 11. The SMILES string of the molecule is CCOP(=O)(OCC)OCCCCCC(=O)C(C)c1ccc(CC(C)C)cc1.CCOP(=O)(OCC)OCCCCOC(=O)C(C)c1ccc(CC(C)C)cc1. The van der Waals surface area contributed by atoms with Gasteiger partial charge in [0.2, 0.25) is 0 Å². The summed E-state index contributed by atoms with van der Waals surface area (Å²) in [5.74, 6) is 0.859. The molecule has 0 heterocycles. The summed E-state index contributed by atoms with van der Waals surface area (Å²) < 4.78 is 60.5. The van der Waals surface area contributed by atoms with Crippen LogP contribution in [0.2, 0.25) is 0 Å². The van der Waals surface area contributed by atoms with Crippen LogP contribution in [0.4, 0.5) is 0 Å². The van der Waals surface area contributed by atoms with Crippen molar-refractivity contribution in [2.24, 2.45) is 11.8 Å². The molecule has 320 valence electrons. The lowest BCUT2D eigenvalue weighted by molar-refractivity contribution is -0.145. The van der Waals surface area contributed by atoms with Crippen LogP contribution in [-0.2, 0) is 63.4 Å². The number of benzene rings is 2. The summed E-state index contributed by atoms with van der Waals surface area (Å²) >= 11 is 0. The number of rotatable bonds is 29. The van der Waals surface area contributed by atoms with Gasteiger partial charge in [-0.2, -0.15) is 0 Å². The summed E-state index contributed by atoms with van der Waals surface area (Å²) in [6.45, 7) is 21.5. The number of phosphoric acid groups is 2. The lowest BCUT2D eigenvalue weighted by Gasteiger charge is -2.16. The molecule has 0 bridgehead atoms. The van der Waals surface area contributed by atoms with Gasteiger partial charge in [0.15, 0.2) is 0 Å². The van der Waals surface area contributed by atoms with E-state index in [2.05, 4.69) is 64.1 Å². The number of carbonyl (C=O) groups excluding carboxylic acids is 2. The van der Waals surface area contributed by atoms with E-state index in [1.165, 1.54) is 11.1 Å². The Morgan fingerprint density at radius 3 is 1.27 bits per heavy atom. The molecule has 0 N–H and O–H groups in total. The number of esters is 1. The van der Waals surface area contributed by atoms with Gasteiger partial charge < -0.3 is 4.74 Å². The number of Topliss-reactive ketones (excluding diaryl/α,β-unsaturated/α-hetero) is 1. The van der Waals surface area contributed by atoms with Gasteiger partial charge in [0.1, 0.15) is 5.78 Å². The Kier molecular flexibility index (Phi) is 26.9. The molecule has 2 unspecified atom stereocenters. The molecule has 0 radical (unpaired) electrons. The van der Waals surface area contributed by atoms with Crippen LogP contribution in [0.25, 0.3) is 0 Å². The van der Waals surface area contributed by atoms with Crippen molar-refractivity contribution in [1.29, 1.82) is 0 Å². The smallest absolute Gasteiger partial charge is 0.465 e. The van der Waals surface area contributed by atoms with Crippen molar-refractivity contribution in [3.63, 3.8) is 0 Å². The minimum absolute atomic E-state index is 0.0829. The van der Waals surface area contributed by atoms with Crippen LogP contribution < -0.4 is 0 Å². The Balaban J connectivity index is 0.000000560. The molecule has 0 spiro atoms. The fourth-order valence-electron chi connectivity index (χ4n) is 5.65. The lowest BCUT2D eigenvalue weighted by atomic mass is 9.92. The van der Waals surface area contributed by atoms with E-state index in [0.717, 1.165) is 43.2 Å². The van der Waals surface area contributed by atoms with E-state index >= 15 is 0 Å². The van der Waals surface area contributed by atoms with Gasteiger partial charge in [0, 0.05) is 12.3 Å². The quantitative estimate of drug-likeness (QED) is 0.0441. The molecule has 0 aliphatic rings. The third-order valence-electron chi connectivity index (χ3n) is 8.58. The third kappa shape index (κ3) is 22.1. The lowest BCUT2D eigenvalue weighted by Crippen LogP contribution is -2.14. The summed E-state index contributed by atoms with van der Waals surface area (Å²) in [7, 11) is -6.89. The molecule has 0 fully saturated rings. The van der Waals surface area contributed by atoms with Gasteiger partial charge in [-0.15, -0.1) is 0 Å². The predicted octanol–water partition coefficient (Wildman–Crippen LogP) is 11.8. The van der Waals surface area contributed by atoms with Gasteiger partial charge in [-0.05, 0) is 107 Å². The van der Waals surface area contributed by atoms with E-state index < -0.39 is 15.6 Å². The summed E-state index contributed by atoms with van der Waals surface area (Å²) in [5, 5.41) is 0. The van der Waals surface area contributed by atoms with Crippen LogP contribution in [0, 0.1) is 11.8 Å². The number of phosphoric ester groups is 2. The van der Waals surface area contributed by atoms with Gasteiger partial charge in [-0.25, -0.2) is 9.13 Å². The molecule has 13 heteroatoms. The summed E-state index contributed by atoms with van der Waals surface area (Å²) in [4.78, 5) is 24.7. The van der Waals surface area contributed by atoms with Crippen LogP contribution in [0.15, 0.2) is 48.5 Å². The molecule has 11 nitrogen and oxygen atoms in total. The van der Waals surface area contributed by atoms with Crippen molar-refractivity contribution >= 4 is 27.4 Å². The van der Waals surface area contributed by atoms with E-state index in [4.69, 9.17) is 31.9 Å². The Morgan fingerprint density at radius 1 is 0.500 bits per heavy atom. The maximum Gasteiger partial charge on any atom is 0.474 e. The van der Waals surface area contributed by atoms with Crippen LogP contribution in [-0.4, -0.2) is 58.0 Å². The molecule has 56 heavy (non-hydrogen) atoms. The van der Waals surface area contributed by atoms with Crippen LogP contribution in [0.1, 0.15) is 142 Å². The standard InChI is InChI=1S/C22H37O5P.C21H35O6P/c1-6-25-28(24,26-7-2)27-16-10-8-9-11-22(23)19(5)21-14-12-20(13-15-21)17-18(3)4;1-6-25-28(23,26-7-2)27-15-9-8-14-24-21(22)18(5)20-12-10-19(11-13-20)16-17(3)4/h12-15,18-19H,6-11,16-17H2,1-5H3;10-13,17-18H,6-9,14-16H2,1-5H3. The zero-order chi connectivity index (χ0) is 42.0. The maximum atomic E-state index is 12.5. The molecule has 0 aliphatic heterocycles. The third-order valence-corrected chi connectivity index (χ3v) is 11.9. The fraction of sp³-hybridized carbons (Fsp3) is 0.674. The second-order valence-electron chi connectivity index (χ2n) is 14.5. The van der Waals surface area contributed by atoms with Gasteiger partial charge in [-0.3, -0.25) is 36.7 Å².